The highest BCUT2D eigenvalue weighted by atomic mass is 35.5. The number of rotatable bonds is 4. The lowest BCUT2D eigenvalue weighted by Crippen LogP contribution is -2.51. The molecule has 0 amide bonds. The summed E-state index contributed by atoms with van der Waals surface area (Å²) in [5, 5.41) is 13.3. The van der Waals surface area contributed by atoms with E-state index >= 15 is 0 Å². The predicted octanol–water partition coefficient (Wildman–Crippen LogP) is 2.11. The molecule has 0 atom stereocenters. The van der Waals surface area contributed by atoms with Gasteiger partial charge in [-0.25, -0.2) is 4.39 Å². The van der Waals surface area contributed by atoms with E-state index in [1.807, 2.05) is 0 Å². The van der Waals surface area contributed by atoms with E-state index < -0.39 is 0 Å². The van der Waals surface area contributed by atoms with Crippen molar-refractivity contribution in [1.82, 2.24) is 5.32 Å². The zero-order chi connectivity index (χ0) is 13.0. The Bertz CT molecular complexity index is 408. The van der Waals surface area contributed by atoms with Crippen molar-refractivity contribution in [1.29, 1.82) is 0 Å². The molecule has 2 N–H and O–H groups in total. The number of halogens is 2. The van der Waals surface area contributed by atoms with Crippen LogP contribution in [-0.2, 0) is 11.3 Å². The van der Waals surface area contributed by atoms with Gasteiger partial charge in [0.2, 0.25) is 0 Å². The lowest BCUT2D eigenvalue weighted by molar-refractivity contribution is 0.0110. The van der Waals surface area contributed by atoms with Gasteiger partial charge in [0.1, 0.15) is 5.82 Å². The van der Waals surface area contributed by atoms with Crippen molar-refractivity contribution in [3.63, 3.8) is 0 Å². The Morgan fingerprint density at radius 2 is 2.11 bits per heavy atom. The zero-order valence-corrected chi connectivity index (χ0v) is 10.8. The van der Waals surface area contributed by atoms with Crippen LogP contribution in [-0.4, -0.2) is 30.5 Å². The van der Waals surface area contributed by atoms with Crippen LogP contribution in [0.2, 0.25) is 5.02 Å². The second-order valence-corrected chi connectivity index (χ2v) is 5.08. The molecule has 1 aliphatic rings. The molecule has 1 saturated heterocycles. The van der Waals surface area contributed by atoms with E-state index in [1.165, 1.54) is 12.1 Å². The molecule has 1 fully saturated rings. The van der Waals surface area contributed by atoms with Crippen LogP contribution in [0.5, 0.6) is 0 Å². The van der Waals surface area contributed by atoms with E-state index in [9.17, 15) is 9.50 Å². The molecule has 3 nitrogen and oxygen atoms in total. The van der Waals surface area contributed by atoms with E-state index in [-0.39, 0.29) is 18.0 Å². The molecule has 0 radical (unpaired) electrons. The number of benzene rings is 1. The maximum Gasteiger partial charge on any atom is 0.127 e. The average molecular weight is 274 g/mol. The smallest absolute Gasteiger partial charge is 0.127 e. The van der Waals surface area contributed by atoms with Gasteiger partial charge in [-0.1, -0.05) is 11.6 Å². The molecule has 1 aliphatic heterocycles. The molecule has 0 saturated carbocycles. The van der Waals surface area contributed by atoms with Crippen molar-refractivity contribution in [3.05, 3.63) is 34.6 Å². The van der Waals surface area contributed by atoms with Crippen LogP contribution in [0.1, 0.15) is 18.4 Å². The summed E-state index contributed by atoms with van der Waals surface area (Å²) in [6, 6.07) is 4.49. The molecule has 18 heavy (non-hydrogen) atoms. The molecular weight excluding hydrogens is 257 g/mol. The van der Waals surface area contributed by atoms with Gasteiger partial charge in [-0.15, -0.1) is 0 Å². The Balaban J connectivity index is 2.03. The van der Waals surface area contributed by atoms with Crippen LogP contribution in [0.3, 0.4) is 0 Å². The maximum absolute atomic E-state index is 13.6. The summed E-state index contributed by atoms with van der Waals surface area (Å²) in [6.07, 6.45) is 1.46. The second kappa shape index (κ2) is 5.97. The first-order valence-electron chi connectivity index (χ1n) is 6.03. The summed E-state index contributed by atoms with van der Waals surface area (Å²) >= 11 is 5.84. The fourth-order valence-electron chi connectivity index (χ4n) is 2.11. The number of nitrogens with one attached hydrogen (secondary N) is 1. The van der Waals surface area contributed by atoms with Gasteiger partial charge in [-0.2, -0.15) is 0 Å². The Hall–Kier alpha value is -0.680. The van der Waals surface area contributed by atoms with Crippen LogP contribution in [0.4, 0.5) is 4.39 Å². The fraction of sp³-hybridized carbons (Fsp3) is 0.538. The van der Waals surface area contributed by atoms with Crippen molar-refractivity contribution in [2.45, 2.75) is 24.9 Å². The molecule has 0 spiro atoms. The van der Waals surface area contributed by atoms with Gasteiger partial charge < -0.3 is 15.2 Å². The maximum atomic E-state index is 13.6. The molecule has 0 bridgehead atoms. The van der Waals surface area contributed by atoms with E-state index in [2.05, 4.69) is 5.32 Å². The van der Waals surface area contributed by atoms with E-state index in [4.69, 9.17) is 16.3 Å². The number of hydrogen-bond donors (Lipinski definition) is 2. The van der Waals surface area contributed by atoms with Crippen molar-refractivity contribution in [3.8, 4) is 0 Å². The van der Waals surface area contributed by atoms with Crippen LogP contribution >= 0.6 is 11.6 Å². The van der Waals surface area contributed by atoms with Crippen LogP contribution in [0, 0.1) is 5.82 Å². The summed E-state index contributed by atoms with van der Waals surface area (Å²) in [5.41, 5.74) is 0.148. The first-order valence-corrected chi connectivity index (χ1v) is 6.41. The Morgan fingerprint density at radius 1 is 1.39 bits per heavy atom. The largest absolute Gasteiger partial charge is 0.394 e. The fourth-order valence-corrected chi connectivity index (χ4v) is 2.31. The third-order valence-electron chi connectivity index (χ3n) is 3.41. The van der Waals surface area contributed by atoms with Crippen molar-refractivity contribution in [2.75, 3.05) is 19.8 Å². The summed E-state index contributed by atoms with van der Waals surface area (Å²) in [5.74, 6) is -0.285. The molecule has 100 valence electrons. The Kier molecular flexibility index (Phi) is 4.56. The molecule has 1 aromatic rings. The third-order valence-corrected chi connectivity index (χ3v) is 3.65. The number of aliphatic hydroxyl groups is 1. The lowest BCUT2D eigenvalue weighted by Gasteiger charge is -2.36. The lowest BCUT2D eigenvalue weighted by atomic mass is 9.90. The van der Waals surface area contributed by atoms with Gasteiger partial charge in [0.15, 0.2) is 0 Å². The Labute approximate surface area is 111 Å². The van der Waals surface area contributed by atoms with Crippen molar-refractivity contribution < 1.29 is 14.2 Å². The molecule has 0 unspecified atom stereocenters. The molecule has 5 heteroatoms. The zero-order valence-electron chi connectivity index (χ0n) is 10.1. The first-order chi connectivity index (χ1) is 8.65. The molecule has 2 rings (SSSR count). The highest BCUT2D eigenvalue weighted by Crippen LogP contribution is 2.22. The molecule has 1 heterocycles. The predicted molar refractivity (Wildman–Crippen MR) is 68.1 cm³/mol. The third kappa shape index (κ3) is 3.20. The molecule has 0 aliphatic carbocycles. The second-order valence-electron chi connectivity index (χ2n) is 4.64. The van der Waals surface area contributed by atoms with E-state index in [0.29, 0.717) is 30.3 Å². The summed E-state index contributed by atoms with van der Waals surface area (Å²) < 4.78 is 18.8. The van der Waals surface area contributed by atoms with Crippen molar-refractivity contribution >= 4 is 11.6 Å². The summed E-state index contributed by atoms with van der Waals surface area (Å²) in [4.78, 5) is 0. The number of aliphatic hydroxyl groups excluding tert-OH is 1. The minimum Gasteiger partial charge on any atom is -0.394 e. The van der Waals surface area contributed by atoms with Crippen LogP contribution < -0.4 is 5.32 Å². The van der Waals surface area contributed by atoms with Gasteiger partial charge >= 0.3 is 0 Å². The molecule has 1 aromatic carbocycles. The minimum absolute atomic E-state index is 0.0263. The standard InChI is InChI=1S/C13H17ClFNO2/c14-11-1-2-12(15)10(7-11)8-16-13(9-17)3-5-18-6-4-13/h1-2,7,16-17H,3-6,8-9H2. The average Bonchev–Trinajstić information content (AvgIpc) is 2.41. The summed E-state index contributed by atoms with van der Waals surface area (Å²) in [6.45, 7) is 1.61. The minimum atomic E-state index is -0.368. The monoisotopic (exact) mass is 273 g/mol. The van der Waals surface area contributed by atoms with Crippen LogP contribution in [0.15, 0.2) is 18.2 Å². The Morgan fingerprint density at radius 3 is 2.78 bits per heavy atom. The molecular formula is C13H17ClFNO2. The topological polar surface area (TPSA) is 41.5 Å². The van der Waals surface area contributed by atoms with Crippen molar-refractivity contribution in [2.24, 2.45) is 0 Å². The van der Waals surface area contributed by atoms with E-state index in [1.54, 1.807) is 6.07 Å². The highest BCUT2D eigenvalue weighted by molar-refractivity contribution is 6.30. The normalized spacial score (nSPS) is 18.8. The van der Waals surface area contributed by atoms with Gasteiger partial charge in [-0.3, -0.25) is 0 Å². The first kappa shape index (κ1) is 13.7. The quantitative estimate of drug-likeness (QED) is 0.883. The number of ether oxygens (including phenoxy) is 1. The highest BCUT2D eigenvalue weighted by Gasteiger charge is 2.31. The van der Waals surface area contributed by atoms with Gasteiger partial charge in [-0.05, 0) is 31.0 Å². The van der Waals surface area contributed by atoms with Gasteiger partial charge in [0.05, 0.1) is 6.61 Å². The van der Waals surface area contributed by atoms with E-state index in [0.717, 1.165) is 12.8 Å². The van der Waals surface area contributed by atoms with Gasteiger partial charge in [0.25, 0.3) is 0 Å². The SMILES string of the molecule is OCC1(NCc2cc(Cl)ccc2F)CCOCC1. The number of hydrogen-bond acceptors (Lipinski definition) is 3. The molecule has 0 aromatic heterocycles. The summed E-state index contributed by atoms with van der Waals surface area (Å²) in [7, 11) is 0. The van der Waals surface area contributed by atoms with Crippen LogP contribution in [0.25, 0.3) is 0 Å². The van der Waals surface area contributed by atoms with Gasteiger partial charge in [0, 0.05) is 35.9 Å².